The average molecular weight is 315 g/mol. The lowest BCUT2D eigenvalue weighted by Gasteiger charge is -2.26. The smallest absolute Gasteiger partial charge is 0.442 e. The summed E-state index contributed by atoms with van der Waals surface area (Å²) in [4.78, 5) is 22.7. The van der Waals surface area contributed by atoms with Gasteiger partial charge >= 0.3 is 12.1 Å². The van der Waals surface area contributed by atoms with E-state index in [9.17, 15) is 18.0 Å². The summed E-state index contributed by atoms with van der Waals surface area (Å²) in [5.41, 5.74) is 5.71. The van der Waals surface area contributed by atoms with Gasteiger partial charge < -0.3 is 10.5 Å². The Hall–Kier alpha value is -2.29. The van der Waals surface area contributed by atoms with E-state index in [1.165, 1.54) is 24.3 Å². The maximum absolute atomic E-state index is 12.3. The van der Waals surface area contributed by atoms with Gasteiger partial charge in [0.15, 0.2) is 0 Å². The summed E-state index contributed by atoms with van der Waals surface area (Å²) in [5, 5.41) is 0. The Kier molecular flexibility index (Phi) is 4.79. The molecule has 0 aliphatic carbocycles. The van der Waals surface area contributed by atoms with Crippen molar-refractivity contribution in [2.24, 2.45) is 5.73 Å². The van der Waals surface area contributed by atoms with Gasteiger partial charge in [0.25, 0.3) is 10.0 Å². The molecular weight excluding hydrogens is 298 g/mol. The molecular formula is C12H17N3O5S. The van der Waals surface area contributed by atoms with Gasteiger partial charge in [0, 0.05) is 0 Å². The number of nitrogens with one attached hydrogen (secondary N) is 1. The monoisotopic (exact) mass is 315 g/mol. The van der Waals surface area contributed by atoms with E-state index in [-0.39, 0.29) is 9.31 Å². The van der Waals surface area contributed by atoms with Crippen molar-refractivity contribution in [3.63, 3.8) is 0 Å². The number of nitrogens with zero attached hydrogens (tertiary/aromatic N) is 1. The van der Waals surface area contributed by atoms with Gasteiger partial charge in [-0.1, -0.05) is 18.2 Å². The van der Waals surface area contributed by atoms with Gasteiger partial charge in [-0.25, -0.2) is 15.0 Å². The number of carbonyl (C=O) groups excluding carboxylic acids is 2. The largest absolute Gasteiger partial charge is 0.444 e. The maximum atomic E-state index is 12.3. The van der Waals surface area contributed by atoms with Crippen molar-refractivity contribution in [1.29, 1.82) is 0 Å². The lowest BCUT2D eigenvalue weighted by molar-refractivity contribution is 0.0344. The Morgan fingerprint density at radius 3 is 2.14 bits per heavy atom. The fourth-order valence-corrected chi connectivity index (χ4v) is 2.46. The fraction of sp³-hybridized carbons (Fsp3) is 0.333. The SMILES string of the molecule is CC(C)(C)OC(=O)N(NC(N)=O)S(=O)(=O)c1ccccc1. The number of ether oxygens (including phenoxy) is 1. The van der Waals surface area contributed by atoms with Crippen LogP contribution in [-0.4, -0.2) is 30.6 Å². The lowest BCUT2D eigenvalue weighted by Crippen LogP contribution is -2.52. The molecule has 0 unspecified atom stereocenters. The highest BCUT2D eigenvalue weighted by molar-refractivity contribution is 7.89. The molecule has 0 aliphatic rings. The second kappa shape index (κ2) is 6.00. The van der Waals surface area contributed by atoms with Crippen molar-refractivity contribution >= 4 is 22.1 Å². The number of sulfonamides is 1. The molecule has 1 aromatic carbocycles. The number of nitrogens with two attached hydrogens (primary N) is 1. The predicted molar refractivity (Wildman–Crippen MR) is 74.4 cm³/mol. The van der Waals surface area contributed by atoms with Crippen molar-refractivity contribution in [2.75, 3.05) is 0 Å². The molecule has 0 saturated carbocycles. The molecule has 116 valence electrons. The van der Waals surface area contributed by atoms with Crippen molar-refractivity contribution in [3.05, 3.63) is 30.3 Å². The van der Waals surface area contributed by atoms with Crippen LogP contribution in [0, 0.1) is 0 Å². The molecule has 1 aromatic rings. The third-order valence-corrected chi connectivity index (χ3v) is 3.64. The molecule has 8 nitrogen and oxygen atoms in total. The summed E-state index contributed by atoms with van der Waals surface area (Å²) in [6, 6.07) is 5.90. The zero-order valence-electron chi connectivity index (χ0n) is 11.9. The van der Waals surface area contributed by atoms with Crippen molar-refractivity contribution < 1.29 is 22.7 Å². The zero-order valence-corrected chi connectivity index (χ0v) is 12.7. The Labute approximate surface area is 122 Å². The molecule has 21 heavy (non-hydrogen) atoms. The molecule has 0 fully saturated rings. The van der Waals surface area contributed by atoms with Crippen LogP contribution in [0.3, 0.4) is 0 Å². The average Bonchev–Trinajstić information content (AvgIpc) is 2.34. The Balaban J connectivity index is 3.19. The third-order valence-electron chi connectivity index (χ3n) is 2.05. The van der Waals surface area contributed by atoms with E-state index < -0.39 is 27.7 Å². The first-order valence-corrected chi connectivity index (χ1v) is 7.37. The van der Waals surface area contributed by atoms with Gasteiger partial charge in [-0.15, -0.1) is 4.41 Å². The van der Waals surface area contributed by atoms with Crippen LogP contribution in [0.5, 0.6) is 0 Å². The molecule has 9 heteroatoms. The highest BCUT2D eigenvalue weighted by Gasteiger charge is 2.34. The van der Waals surface area contributed by atoms with E-state index in [2.05, 4.69) is 0 Å². The maximum Gasteiger partial charge on any atom is 0.444 e. The van der Waals surface area contributed by atoms with Gasteiger partial charge in [-0.05, 0) is 32.9 Å². The number of rotatable bonds is 2. The Morgan fingerprint density at radius 1 is 1.19 bits per heavy atom. The summed E-state index contributed by atoms with van der Waals surface area (Å²) in [6.07, 6.45) is -1.26. The molecule has 0 bridgehead atoms. The van der Waals surface area contributed by atoms with E-state index >= 15 is 0 Å². The standard InChI is InChI=1S/C12H17N3O5S/c1-12(2,3)20-11(17)15(14-10(13)16)21(18,19)9-7-5-4-6-8-9/h4-8H,1-3H3,(H3,13,14,16). The first kappa shape index (κ1) is 16.8. The van der Waals surface area contributed by atoms with Gasteiger partial charge in [0.05, 0.1) is 4.90 Å². The van der Waals surface area contributed by atoms with Crippen LogP contribution in [0.2, 0.25) is 0 Å². The van der Waals surface area contributed by atoms with Crippen LogP contribution in [0.25, 0.3) is 0 Å². The molecule has 0 aromatic heterocycles. The number of hydrazine groups is 1. The summed E-state index contributed by atoms with van der Waals surface area (Å²) in [7, 11) is -4.32. The second-order valence-corrected chi connectivity index (χ2v) is 6.83. The predicted octanol–water partition coefficient (Wildman–Crippen LogP) is 1.20. The molecule has 0 aliphatic heterocycles. The van der Waals surface area contributed by atoms with Crippen molar-refractivity contribution in [2.45, 2.75) is 31.3 Å². The van der Waals surface area contributed by atoms with Gasteiger partial charge in [0.1, 0.15) is 5.60 Å². The highest BCUT2D eigenvalue weighted by Crippen LogP contribution is 2.17. The second-order valence-electron chi connectivity index (χ2n) is 5.04. The number of amides is 3. The van der Waals surface area contributed by atoms with Crippen LogP contribution in [0.4, 0.5) is 9.59 Å². The zero-order chi connectivity index (χ0) is 16.3. The van der Waals surface area contributed by atoms with Crippen LogP contribution in [-0.2, 0) is 14.8 Å². The molecule has 0 saturated heterocycles. The van der Waals surface area contributed by atoms with Crippen molar-refractivity contribution in [1.82, 2.24) is 9.84 Å². The third kappa shape index (κ3) is 4.63. The summed E-state index contributed by atoms with van der Waals surface area (Å²) >= 11 is 0. The van der Waals surface area contributed by atoms with Crippen LogP contribution < -0.4 is 11.2 Å². The van der Waals surface area contributed by atoms with E-state index in [4.69, 9.17) is 10.5 Å². The number of benzene rings is 1. The van der Waals surface area contributed by atoms with E-state index in [0.29, 0.717) is 0 Å². The summed E-state index contributed by atoms with van der Waals surface area (Å²) < 4.78 is 29.7. The van der Waals surface area contributed by atoms with E-state index in [1.54, 1.807) is 32.3 Å². The highest BCUT2D eigenvalue weighted by atomic mass is 32.2. The Morgan fingerprint density at radius 2 is 1.71 bits per heavy atom. The summed E-state index contributed by atoms with van der Waals surface area (Å²) in [5.74, 6) is 0. The number of hydrogen-bond acceptors (Lipinski definition) is 5. The minimum atomic E-state index is -4.32. The number of urea groups is 1. The summed E-state index contributed by atoms with van der Waals surface area (Å²) in [6.45, 7) is 4.67. The Bertz CT molecular complexity index is 622. The van der Waals surface area contributed by atoms with Crippen LogP contribution in [0.1, 0.15) is 20.8 Å². The number of primary amides is 1. The first-order chi connectivity index (χ1) is 9.54. The normalized spacial score (nSPS) is 11.6. The topological polar surface area (TPSA) is 119 Å². The first-order valence-electron chi connectivity index (χ1n) is 5.93. The molecule has 0 radical (unpaired) electrons. The fourth-order valence-electron chi connectivity index (χ4n) is 1.31. The number of carbonyl (C=O) groups is 2. The quantitative estimate of drug-likeness (QED) is 0.795. The molecule has 3 N–H and O–H groups in total. The van der Waals surface area contributed by atoms with Gasteiger partial charge in [0.2, 0.25) is 0 Å². The lowest BCUT2D eigenvalue weighted by atomic mass is 10.2. The number of hydrogen-bond donors (Lipinski definition) is 2. The minimum absolute atomic E-state index is 0.0793. The molecule has 0 spiro atoms. The van der Waals surface area contributed by atoms with E-state index in [0.717, 1.165) is 0 Å². The van der Waals surface area contributed by atoms with E-state index in [1.807, 2.05) is 0 Å². The van der Waals surface area contributed by atoms with Crippen molar-refractivity contribution in [3.8, 4) is 0 Å². The molecule has 0 atom stereocenters. The minimum Gasteiger partial charge on any atom is -0.442 e. The van der Waals surface area contributed by atoms with Crippen LogP contribution >= 0.6 is 0 Å². The molecule has 3 amide bonds. The van der Waals surface area contributed by atoms with Gasteiger partial charge in [-0.3, -0.25) is 0 Å². The molecule has 1 rings (SSSR count). The van der Waals surface area contributed by atoms with Gasteiger partial charge in [-0.2, -0.15) is 8.42 Å². The molecule has 0 heterocycles. The van der Waals surface area contributed by atoms with Crippen LogP contribution in [0.15, 0.2) is 35.2 Å².